The summed E-state index contributed by atoms with van der Waals surface area (Å²) in [6.07, 6.45) is 0. The molecule has 5 rings (SSSR count). The number of fused-ring (bicyclic) bond motifs is 1. The molecule has 3 aromatic carbocycles. The topological polar surface area (TPSA) is 96.0 Å². The van der Waals surface area contributed by atoms with E-state index >= 15 is 0 Å². The third kappa shape index (κ3) is 4.81. The Balaban J connectivity index is 1.52. The lowest BCUT2D eigenvalue weighted by Crippen LogP contribution is -2.40. The molecular weight excluding hydrogens is 546 g/mol. The van der Waals surface area contributed by atoms with Gasteiger partial charge in [-0.1, -0.05) is 46.3 Å². The van der Waals surface area contributed by atoms with Crippen molar-refractivity contribution in [2.24, 2.45) is 0 Å². The van der Waals surface area contributed by atoms with Gasteiger partial charge in [0.25, 0.3) is 5.91 Å². The largest absolute Gasteiger partial charge is 0.379 e. The molecule has 0 aliphatic carbocycles. The summed E-state index contributed by atoms with van der Waals surface area (Å²) in [4.78, 5) is 28.2. The maximum atomic E-state index is 13.8. The van der Waals surface area contributed by atoms with Gasteiger partial charge in [-0.25, -0.2) is 8.42 Å². The maximum Gasteiger partial charge on any atom is 0.255 e. The minimum atomic E-state index is -3.68. The van der Waals surface area contributed by atoms with E-state index in [2.05, 4.69) is 21.2 Å². The Morgan fingerprint density at radius 1 is 0.972 bits per heavy atom. The lowest BCUT2D eigenvalue weighted by atomic mass is 9.95. The predicted molar refractivity (Wildman–Crippen MR) is 138 cm³/mol. The molecule has 2 amide bonds. The molecule has 1 fully saturated rings. The van der Waals surface area contributed by atoms with Crippen molar-refractivity contribution >= 4 is 43.5 Å². The highest BCUT2D eigenvalue weighted by atomic mass is 79.9. The van der Waals surface area contributed by atoms with Gasteiger partial charge in [0.05, 0.1) is 24.2 Å². The average Bonchev–Trinajstić information content (AvgIpc) is 3.05. The van der Waals surface area contributed by atoms with Crippen LogP contribution < -0.4 is 5.32 Å². The molecule has 0 bridgehead atoms. The molecule has 8 nitrogen and oxygen atoms in total. The third-order valence-corrected chi connectivity index (χ3v) is 8.70. The van der Waals surface area contributed by atoms with E-state index in [-0.39, 0.29) is 23.3 Å². The molecular formula is C26H24BrN3O5S. The van der Waals surface area contributed by atoms with E-state index in [9.17, 15) is 18.0 Å². The molecule has 1 unspecified atom stereocenters. The van der Waals surface area contributed by atoms with Crippen LogP contribution in [0.3, 0.4) is 0 Å². The first-order valence-corrected chi connectivity index (χ1v) is 13.7. The van der Waals surface area contributed by atoms with E-state index < -0.39 is 16.1 Å². The number of amides is 2. The van der Waals surface area contributed by atoms with Crippen LogP contribution in [0.1, 0.15) is 27.5 Å². The number of nitrogens with zero attached hydrogens (tertiary/aromatic N) is 2. The van der Waals surface area contributed by atoms with E-state index in [0.29, 0.717) is 37.6 Å². The van der Waals surface area contributed by atoms with Gasteiger partial charge in [-0.05, 0) is 48.0 Å². The Bertz CT molecular complexity index is 1390. The van der Waals surface area contributed by atoms with Crippen molar-refractivity contribution in [1.82, 2.24) is 9.21 Å². The van der Waals surface area contributed by atoms with Crippen LogP contribution >= 0.6 is 15.9 Å². The second-order valence-electron chi connectivity index (χ2n) is 8.57. The van der Waals surface area contributed by atoms with Crippen molar-refractivity contribution in [2.45, 2.75) is 10.9 Å². The van der Waals surface area contributed by atoms with Gasteiger partial charge in [0.15, 0.2) is 0 Å². The smallest absolute Gasteiger partial charge is 0.255 e. The number of nitrogens with one attached hydrogen (secondary N) is 1. The Morgan fingerprint density at radius 3 is 2.36 bits per heavy atom. The Hall–Kier alpha value is -3.05. The van der Waals surface area contributed by atoms with E-state index in [0.717, 1.165) is 15.6 Å². The van der Waals surface area contributed by atoms with Gasteiger partial charge in [0, 0.05) is 34.4 Å². The molecule has 0 spiro atoms. The monoisotopic (exact) mass is 569 g/mol. The van der Waals surface area contributed by atoms with Crippen molar-refractivity contribution in [3.8, 4) is 0 Å². The Morgan fingerprint density at radius 2 is 1.67 bits per heavy atom. The van der Waals surface area contributed by atoms with Crippen molar-refractivity contribution in [1.29, 1.82) is 0 Å². The zero-order chi connectivity index (χ0) is 25.3. The average molecular weight is 570 g/mol. The van der Waals surface area contributed by atoms with Gasteiger partial charge in [-0.15, -0.1) is 0 Å². The van der Waals surface area contributed by atoms with Crippen LogP contribution in [0.2, 0.25) is 0 Å². The van der Waals surface area contributed by atoms with Crippen LogP contribution in [0, 0.1) is 0 Å². The molecule has 0 aromatic heterocycles. The molecule has 0 radical (unpaired) electrons. The molecule has 3 aromatic rings. The zero-order valence-electron chi connectivity index (χ0n) is 19.3. The second-order valence-corrected chi connectivity index (χ2v) is 11.4. The van der Waals surface area contributed by atoms with E-state index in [1.807, 2.05) is 48.5 Å². The maximum absolute atomic E-state index is 13.8. The van der Waals surface area contributed by atoms with Gasteiger partial charge in [0.1, 0.15) is 6.54 Å². The summed E-state index contributed by atoms with van der Waals surface area (Å²) in [5.74, 6) is -0.681. The zero-order valence-corrected chi connectivity index (χ0v) is 21.7. The summed E-state index contributed by atoms with van der Waals surface area (Å²) < 4.78 is 33.4. The quantitative estimate of drug-likeness (QED) is 0.517. The highest BCUT2D eigenvalue weighted by molar-refractivity contribution is 9.10. The first kappa shape index (κ1) is 24.6. The van der Waals surface area contributed by atoms with Crippen LogP contribution in [0.25, 0.3) is 0 Å². The van der Waals surface area contributed by atoms with Crippen LogP contribution in [0.4, 0.5) is 5.69 Å². The summed E-state index contributed by atoms with van der Waals surface area (Å²) >= 11 is 3.51. The summed E-state index contributed by atoms with van der Waals surface area (Å²) in [6.45, 7) is 1.13. The van der Waals surface area contributed by atoms with Crippen molar-refractivity contribution in [3.05, 3.63) is 94.0 Å². The van der Waals surface area contributed by atoms with Gasteiger partial charge >= 0.3 is 0 Å². The number of ether oxygens (including phenoxy) is 1. The fourth-order valence-electron chi connectivity index (χ4n) is 4.53. The minimum absolute atomic E-state index is 0.114. The van der Waals surface area contributed by atoms with E-state index in [1.54, 1.807) is 0 Å². The van der Waals surface area contributed by atoms with Crippen LogP contribution in [-0.2, 0) is 19.6 Å². The minimum Gasteiger partial charge on any atom is -0.379 e. The summed E-state index contributed by atoms with van der Waals surface area (Å²) in [7, 11) is -3.68. The molecule has 2 aliphatic rings. The number of carbonyl (C=O) groups is 2. The van der Waals surface area contributed by atoms with Crippen LogP contribution in [0.15, 0.2) is 82.2 Å². The van der Waals surface area contributed by atoms with Gasteiger partial charge < -0.3 is 15.0 Å². The Kier molecular flexibility index (Phi) is 6.94. The number of carbonyl (C=O) groups excluding carboxylic acids is 2. The fraction of sp³-hybridized carbons (Fsp3) is 0.231. The van der Waals surface area contributed by atoms with Crippen molar-refractivity contribution in [3.63, 3.8) is 0 Å². The number of halogens is 1. The lowest BCUT2D eigenvalue weighted by molar-refractivity contribution is -0.117. The number of rotatable bonds is 4. The molecule has 0 saturated carbocycles. The van der Waals surface area contributed by atoms with Gasteiger partial charge in [0.2, 0.25) is 15.9 Å². The van der Waals surface area contributed by atoms with E-state index in [1.165, 1.54) is 33.5 Å². The summed E-state index contributed by atoms with van der Waals surface area (Å²) in [5.41, 5.74) is 2.57. The molecule has 10 heteroatoms. The third-order valence-electron chi connectivity index (χ3n) is 6.29. The molecule has 2 aliphatic heterocycles. The van der Waals surface area contributed by atoms with Crippen LogP contribution in [0.5, 0.6) is 0 Å². The Labute approximate surface area is 218 Å². The van der Waals surface area contributed by atoms with Gasteiger partial charge in [-0.3, -0.25) is 9.59 Å². The fourth-order valence-corrected chi connectivity index (χ4v) is 6.32. The lowest BCUT2D eigenvalue weighted by Gasteiger charge is -2.31. The number of morpholine rings is 1. The molecule has 1 N–H and O–H groups in total. The normalized spacial score (nSPS) is 18.8. The molecule has 186 valence electrons. The highest BCUT2D eigenvalue weighted by Gasteiger charge is 2.34. The molecule has 36 heavy (non-hydrogen) atoms. The standard InChI is InChI=1S/C26H24BrN3O5S/c27-20-8-11-23-22(16-20)25(18-4-2-1-3-5-18)30(17-24(31)28-23)26(32)19-6-9-21(10-7-19)36(33,34)29-12-14-35-15-13-29/h1-11,16,25H,12-15,17H2,(H,28,31). The first-order valence-electron chi connectivity index (χ1n) is 11.5. The number of benzene rings is 3. The number of hydrogen-bond acceptors (Lipinski definition) is 5. The SMILES string of the molecule is O=C1CN(C(=O)c2ccc(S(=O)(=O)N3CCOCC3)cc2)C(c2ccccc2)c2cc(Br)ccc2N1. The second kappa shape index (κ2) is 10.1. The summed E-state index contributed by atoms with van der Waals surface area (Å²) in [5, 5.41) is 2.90. The van der Waals surface area contributed by atoms with Crippen LogP contribution in [-0.4, -0.2) is 62.3 Å². The summed E-state index contributed by atoms with van der Waals surface area (Å²) in [6, 6.07) is 20.4. The number of hydrogen-bond donors (Lipinski definition) is 1. The number of sulfonamides is 1. The van der Waals surface area contributed by atoms with Crippen molar-refractivity contribution in [2.75, 3.05) is 38.2 Å². The first-order chi connectivity index (χ1) is 17.3. The van der Waals surface area contributed by atoms with Gasteiger partial charge in [-0.2, -0.15) is 4.31 Å². The molecule has 1 atom stereocenters. The molecule has 2 heterocycles. The predicted octanol–water partition coefficient (Wildman–Crippen LogP) is 3.65. The number of anilines is 1. The van der Waals surface area contributed by atoms with E-state index in [4.69, 9.17) is 4.74 Å². The highest BCUT2D eigenvalue weighted by Crippen LogP contribution is 2.38. The van der Waals surface area contributed by atoms with Crippen molar-refractivity contribution < 1.29 is 22.7 Å². The molecule has 1 saturated heterocycles.